The normalized spacial score (nSPS) is 10.8. The summed E-state index contributed by atoms with van der Waals surface area (Å²) in [5.41, 5.74) is 8.78. The zero-order valence-corrected chi connectivity index (χ0v) is 13.0. The van der Waals surface area contributed by atoms with Crippen molar-refractivity contribution < 1.29 is 4.74 Å². The largest absolute Gasteiger partial charge is 0.487 e. The Balaban J connectivity index is 1.77. The summed E-state index contributed by atoms with van der Waals surface area (Å²) in [4.78, 5) is 4.39. The summed E-state index contributed by atoms with van der Waals surface area (Å²) < 4.78 is 6.84. The first-order valence-corrected chi connectivity index (χ1v) is 7.50. The second-order valence-corrected chi connectivity index (χ2v) is 5.64. The molecule has 0 amide bonds. The Bertz CT molecular complexity index is 774. The van der Waals surface area contributed by atoms with Crippen molar-refractivity contribution in [3.63, 3.8) is 0 Å². The number of halogens is 1. The molecule has 0 radical (unpaired) electrons. The highest BCUT2D eigenvalue weighted by molar-refractivity contribution is 9.10. The second-order valence-electron chi connectivity index (χ2n) is 4.78. The molecule has 1 heterocycles. The lowest BCUT2D eigenvalue weighted by Gasteiger charge is -2.09. The van der Waals surface area contributed by atoms with Crippen LogP contribution in [0.15, 0.2) is 59.2 Å². The number of para-hydroxylation sites is 1. The molecule has 1 aromatic heterocycles. The lowest BCUT2D eigenvalue weighted by Crippen LogP contribution is -2.00. The van der Waals surface area contributed by atoms with Gasteiger partial charge in [0.15, 0.2) is 0 Å². The van der Waals surface area contributed by atoms with E-state index in [2.05, 4.69) is 20.9 Å². The fourth-order valence-corrected chi connectivity index (χ4v) is 2.67. The zero-order chi connectivity index (χ0) is 14.7. The smallest absolute Gasteiger partial charge is 0.138 e. The second kappa shape index (κ2) is 6.24. The maximum absolute atomic E-state index is 5.83. The molecule has 0 fully saturated rings. The molecule has 106 valence electrons. The van der Waals surface area contributed by atoms with E-state index in [1.54, 1.807) is 6.20 Å². The van der Waals surface area contributed by atoms with Crippen LogP contribution in [0.1, 0.15) is 11.1 Å². The standard InChI is InChI=1S/C17H15BrN2O/c18-16-7-12(9-19)5-6-14(16)11-21-15-8-13-3-1-2-4-17(13)20-10-15/h1-8,10H,9,11,19H2. The molecule has 0 saturated carbocycles. The van der Waals surface area contributed by atoms with Gasteiger partial charge in [0.25, 0.3) is 0 Å². The van der Waals surface area contributed by atoms with Crippen LogP contribution in [0.2, 0.25) is 0 Å². The SMILES string of the molecule is NCc1ccc(COc2cnc3ccccc3c2)c(Br)c1. The van der Waals surface area contributed by atoms with Crippen molar-refractivity contribution in [2.75, 3.05) is 0 Å². The molecule has 0 aliphatic heterocycles. The number of hydrogen-bond acceptors (Lipinski definition) is 3. The number of fused-ring (bicyclic) bond motifs is 1. The van der Waals surface area contributed by atoms with Crippen molar-refractivity contribution >= 4 is 26.8 Å². The van der Waals surface area contributed by atoms with Gasteiger partial charge in [-0.3, -0.25) is 4.98 Å². The number of aromatic nitrogens is 1. The number of pyridine rings is 1. The summed E-state index contributed by atoms with van der Waals surface area (Å²) in [7, 11) is 0. The van der Waals surface area contributed by atoms with Crippen LogP contribution in [-0.4, -0.2) is 4.98 Å². The maximum atomic E-state index is 5.83. The molecule has 0 aliphatic rings. The van der Waals surface area contributed by atoms with E-state index in [-0.39, 0.29) is 0 Å². The zero-order valence-electron chi connectivity index (χ0n) is 11.4. The Morgan fingerprint density at radius 1 is 1.10 bits per heavy atom. The van der Waals surface area contributed by atoms with Crippen molar-refractivity contribution in [2.24, 2.45) is 5.73 Å². The molecular weight excluding hydrogens is 328 g/mol. The Morgan fingerprint density at radius 2 is 1.95 bits per heavy atom. The molecule has 2 N–H and O–H groups in total. The lowest BCUT2D eigenvalue weighted by atomic mass is 10.1. The molecule has 3 nitrogen and oxygen atoms in total. The topological polar surface area (TPSA) is 48.1 Å². The fraction of sp³-hybridized carbons (Fsp3) is 0.118. The molecule has 0 unspecified atom stereocenters. The molecule has 0 bridgehead atoms. The van der Waals surface area contributed by atoms with Gasteiger partial charge in [-0.1, -0.05) is 46.3 Å². The van der Waals surface area contributed by atoms with Gasteiger partial charge in [-0.25, -0.2) is 0 Å². The number of ether oxygens (including phenoxy) is 1. The summed E-state index contributed by atoms with van der Waals surface area (Å²) in [5.74, 6) is 0.767. The number of nitrogens with zero attached hydrogens (tertiary/aromatic N) is 1. The van der Waals surface area contributed by atoms with E-state index < -0.39 is 0 Å². The fourth-order valence-electron chi connectivity index (χ4n) is 2.13. The number of nitrogens with two attached hydrogens (primary N) is 1. The van der Waals surface area contributed by atoms with E-state index in [0.29, 0.717) is 13.2 Å². The number of rotatable bonds is 4. The van der Waals surface area contributed by atoms with Crippen LogP contribution in [0.4, 0.5) is 0 Å². The average molecular weight is 343 g/mol. The molecule has 0 spiro atoms. The number of benzene rings is 2. The van der Waals surface area contributed by atoms with Gasteiger partial charge in [0.05, 0.1) is 11.7 Å². The minimum absolute atomic E-state index is 0.492. The van der Waals surface area contributed by atoms with Gasteiger partial charge in [-0.15, -0.1) is 0 Å². The maximum Gasteiger partial charge on any atom is 0.138 e. The minimum atomic E-state index is 0.492. The van der Waals surface area contributed by atoms with Crippen molar-refractivity contribution in [1.82, 2.24) is 4.98 Å². The predicted molar refractivity (Wildman–Crippen MR) is 88.1 cm³/mol. The van der Waals surface area contributed by atoms with Gasteiger partial charge in [-0.2, -0.15) is 0 Å². The molecule has 0 aliphatic carbocycles. The van der Waals surface area contributed by atoms with Crippen LogP contribution in [-0.2, 0) is 13.2 Å². The van der Waals surface area contributed by atoms with Crippen molar-refractivity contribution in [3.8, 4) is 5.75 Å². The van der Waals surface area contributed by atoms with E-state index >= 15 is 0 Å². The molecule has 0 atom stereocenters. The van der Waals surface area contributed by atoms with E-state index in [1.807, 2.05) is 48.5 Å². The highest BCUT2D eigenvalue weighted by atomic mass is 79.9. The molecule has 21 heavy (non-hydrogen) atoms. The molecule has 2 aromatic carbocycles. The van der Waals surface area contributed by atoms with Gasteiger partial charge >= 0.3 is 0 Å². The van der Waals surface area contributed by atoms with Gasteiger partial charge in [0, 0.05) is 22.0 Å². The van der Waals surface area contributed by atoms with Crippen molar-refractivity contribution in [1.29, 1.82) is 0 Å². The first kappa shape index (κ1) is 14.0. The minimum Gasteiger partial charge on any atom is -0.487 e. The van der Waals surface area contributed by atoms with Gasteiger partial charge in [0.2, 0.25) is 0 Å². The molecular formula is C17H15BrN2O. The summed E-state index contributed by atoms with van der Waals surface area (Å²) >= 11 is 3.55. The third kappa shape index (κ3) is 3.23. The summed E-state index contributed by atoms with van der Waals surface area (Å²) in [6.45, 7) is 1.03. The van der Waals surface area contributed by atoms with E-state index in [1.165, 1.54) is 0 Å². The molecule has 0 saturated heterocycles. The Labute approximate surface area is 131 Å². The lowest BCUT2D eigenvalue weighted by molar-refractivity contribution is 0.305. The van der Waals surface area contributed by atoms with Crippen molar-refractivity contribution in [3.05, 3.63) is 70.3 Å². The van der Waals surface area contributed by atoms with Gasteiger partial charge in [0.1, 0.15) is 12.4 Å². The van der Waals surface area contributed by atoms with Crippen LogP contribution in [0.5, 0.6) is 5.75 Å². The first-order valence-electron chi connectivity index (χ1n) is 6.71. The Hall–Kier alpha value is -1.91. The highest BCUT2D eigenvalue weighted by Crippen LogP contribution is 2.22. The van der Waals surface area contributed by atoms with Gasteiger partial charge in [-0.05, 0) is 23.8 Å². The molecule has 4 heteroatoms. The monoisotopic (exact) mass is 342 g/mol. The summed E-state index contributed by atoms with van der Waals surface area (Å²) in [6, 6.07) is 16.1. The highest BCUT2D eigenvalue weighted by Gasteiger charge is 2.03. The van der Waals surface area contributed by atoms with Crippen LogP contribution < -0.4 is 10.5 Å². The summed E-state index contributed by atoms with van der Waals surface area (Å²) in [5, 5.41) is 1.08. The van der Waals surface area contributed by atoms with E-state index in [9.17, 15) is 0 Å². The predicted octanol–water partition coefficient (Wildman–Crippen LogP) is 4.04. The Morgan fingerprint density at radius 3 is 2.76 bits per heavy atom. The van der Waals surface area contributed by atoms with Gasteiger partial charge < -0.3 is 10.5 Å². The van der Waals surface area contributed by atoms with Crippen LogP contribution in [0.25, 0.3) is 10.9 Å². The Kier molecular flexibility index (Phi) is 4.18. The van der Waals surface area contributed by atoms with Crippen molar-refractivity contribution in [2.45, 2.75) is 13.2 Å². The average Bonchev–Trinajstić information content (AvgIpc) is 2.53. The van der Waals surface area contributed by atoms with E-state index in [4.69, 9.17) is 10.5 Å². The number of hydrogen-bond donors (Lipinski definition) is 1. The van der Waals surface area contributed by atoms with Crippen LogP contribution in [0.3, 0.4) is 0 Å². The summed E-state index contributed by atoms with van der Waals surface area (Å²) in [6.07, 6.45) is 1.75. The molecule has 3 aromatic rings. The quantitative estimate of drug-likeness (QED) is 0.778. The van der Waals surface area contributed by atoms with Crippen LogP contribution in [0, 0.1) is 0 Å². The molecule has 3 rings (SSSR count). The van der Waals surface area contributed by atoms with Crippen LogP contribution >= 0.6 is 15.9 Å². The third-order valence-electron chi connectivity index (χ3n) is 3.31. The van der Waals surface area contributed by atoms with E-state index in [0.717, 1.165) is 32.3 Å². The third-order valence-corrected chi connectivity index (χ3v) is 4.05. The first-order chi connectivity index (χ1) is 10.3.